The number of carboxylic acids is 1. The molecule has 22 heteroatoms. The molecule has 266 valence electrons. The molecule has 3 aromatic rings. The van der Waals surface area contributed by atoms with Crippen LogP contribution in [0.2, 0.25) is 0 Å². The van der Waals surface area contributed by atoms with Gasteiger partial charge in [0, 0.05) is 10.9 Å². The van der Waals surface area contributed by atoms with Gasteiger partial charge >= 0.3 is 24.5 Å². The number of alkyl halides is 7. The molecule has 2 heterocycles. The summed E-state index contributed by atoms with van der Waals surface area (Å²) < 4.78 is 105. The lowest BCUT2D eigenvalue weighted by Gasteiger charge is -2.20. The second-order valence-electron chi connectivity index (χ2n) is 9.77. The summed E-state index contributed by atoms with van der Waals surface area (Å²) >= 11 is 0. The number of halogens is 8. The van der Waals surface area contributed by atoms with Gasteiger partial charge in [-0.3, -0.25) is 19.5 Å². The third-order valence-electron chi connectivity index (χ3n) is 6.18. The van der Waals surface area contributed by atoms with Crippen LogP contribution in [-0.4, -0.2) is 90.5 Å². The molecular weight excluding hydrogens is 686 g/mol. The van der Waals surface area contributed by atoms with Gasteiger partial charge in [0.25, 0.3) is 5.91 Å². The fourth-order valence-electron chi connectivity index (χ4n) is 3.97. The number of carbonyl (C=O) groups excluding carboxylic acids is 3. The molecule has 0 radical (unpaired) electrons. The Morgan fingerprint density at radius 3 is 2.39 bits per heavy atom. The molecule has 6 N–H and O–H groups in total. The van der Waals surface area contributed by atoms with Crippen molar-refractivity contribution in [2.75, 3.05) is 32.1 Å². The number of H-pyrrole nitrogens is 1. The van der Waals surface area contributed by atoms with Crippen LogP contribution in [0.5, 0.6) is 5.75 Å². The molecule has 0 fully saturated rings. The number of aromatic amines is 1. The number of carbonyl (C=O) groups is 4. The fraction of sp³-hybridized carbons (Fsp3) is 0.333. The van der Waals surface area contributed by atoms with Crippen LogP contribution in [0.1, 0.15) is 28.4 Å². The Labute approximate surface area is 269 Å². The van der Waals surface area contributed by atoms with Crippen molar-refractivity contribution >= 4 is 46.3 Å². The lowest BCUT2D eigenvalue weighted by molar-refractivity contribution is -0.275. The van der Waals surface area contributed by atoms with Crippen molar-refractivity contribution in [2.24, 2.45) is 4.99 Å². The van der Waals surface area contributed by atoms with Crippen LogP contribution in [-0.2, 0) is 19.1 Å². The van der Waals surface area contributed by atoms with Crippen molar-refractivity contribution in [2.45, 2.75) is 31.2 Å². The van der Waals surface area contributed by atoms with E-state index in [0.717, 1.165) is 13.2 Å². The maximum absolute atomic E-state index is 13.9. The molecule has 2 aromatic carbocycles. The number of hydrogen-bond donors (Lipinski definition) is 6. The highest BCUT2D eigenvalue weighted by Gasteiger charge is 2.38. The number of methoxy groups -OCH3 is 1. The van der Waals surface area contributed by atoms with Crippen LogP contribution in [0.25, 0.3) is 10.9 Å². The van der Waals surface area contributed by atoms with E-state index in [0.29, 0.717) is 34.7 Å². The Balaban J connectivity index is 0.000000838. The van der Waals surface area contributed by atoms with E-state index in [4.69, 9.17) is 9.90 Å². The number of carboxylic acid groups (broad SMARTS) is 1. The number of ether oxygens (including phenoxy) is 2. The standard InChI is InChI=1S/C25H24F5N7O5.C2HF3O2/c1-41-22(39)7-17(12-2-3-16(27)20(6-12)42-25(28,29)30)35-21(38)11-31-23(40)13-4-18(15-10-34-37-19(15)5-13)36-24-32-8-14(26)9-33-24;3-2(4,5)1(6)7/h2-6,10,14,17H,7-9,11H2,1H3,(H,31,40)(H,34,37)(H,35,38)(H2,32,33,36);(H,6,7)/t17-;/m0./s1. The summed E-state index contributed by atoms with van der Waals surface area (Å²) in [5.74, 6) is -7.25. The molecule has 1 unspecified atom stereocenters. The summed E-state index contributed by atoms with van der Waals surface area (Å²) in [4.78, 5) is 50.5. The van der Waals surface area contributed by atoms with Gasteiger partial charge in [-0.1, -0.05) is 6.07 Å². The molecule has 2 amide bonds. The van der Waals surface area contributed by atoms with Crippen LogP contribution in [0.3, 0.4) is 0 Å². The second kappa shape index (κ2) is 15.9. The summed E-state index contributed by atoms with van der Waals surface area (Å²) in [6.07, 6.45) is -10.4. The Hall–Kier alpha value is -5.70. The first kappa shape index (κ1) is 37.8. The number of nitrogens with zero attached hydrogens (tertiary/aromatic N) is 2. The van der Waals surface area contributed by atoms with E-state index in [9.17, 15) is 49.5 Å². The number of esters is 1. The van der Waals surface area contributed by atoms with Gasteiger partial charge in [-0.05, 0) is 29.8 Å². The van der Waals surface area contributed by atoms with E-state index in [2.05, 4.69) is 45.9 Å². The molecule has 1 aliphatic heterocycles. The summed E-state index contributed by atoms with van der Waals surface area (Å²) in [5.41, 5.74) is 0.923. The molecule has 2 atom stereocenters. The van der Waals surface area contributed by atoms with Crippen molar-refractivity contribution in [1.29, 1.82) is 0 Å². The highest BCUT2D eigenvalue weighted by atomic mass is 19.4. The van der Waals surface area contributed by atoms with Crippen molar-refractivity contribution in [3.63, 3.8) is 0 Å². The lowest BCUT2D eigenvalue weighted by Crippen LogP contribution is -2.41. The number of nitrogens with one attached hydrogen (secondary N) is 5. The number of aliphatic carboxylic acids is 1. The fourth-order valence-corrected chi connectivity index (χ4v) is 3.97. The van der Waals surface area contributed by atoms with Gasteiger partial charge < -0.3 is 35.8 Å². The lowest BCUT2D eigenvalue weighted by atomic mass is 10.0. The third-order valence-corrected chi connectivity index (χ3v) is 6.18. The van der Waals surface area contributed by atoms with Crippen molar-refractivity contribution in [3.8, 4) is 5.75 Å². The minimum Gasteiger partial charge on any atom is -0.475 e. The molecule has 1 aromatic heterocycles. The molecule has 14 nitrogen and oxygen atoms in total. The zero-order chi connectivity index (χ0) is 36.5. The number of rotatable bonds is 9. The minimum atomic E-state index is -5.18. The Morgan fingerprint density at radius 2 is 1.80 bits per heavy atom. The molecule has 49 heavy (non-hydrogen) atoms. The Kier molecular flexibility index (Phi) is 12.3. The highest BCUT2D eigenvalue weighted by Crippen LogP contribution is 2.30. The number of benzene rings is 2. The first-order valence-electron chi connectivity index (χ1n) is 13.5. The quantitative estimate of drug-likeness (QED) is 0.142. The predicted molar refractivity (Wildman–Crippen MR) is 152 cm³/mol. The predicted octanol–water partition coefficient (Wildman–Crippen LogP) is 3.09. The number of fused-ring (bicyclic) bond motifs is 1. The summed E-state index contributed by atoms with van der Waals surface area (Å²) in [6, 6.07) is 4.16. The topological polar surface area (TPSA) is 196 Å². The SMILES string of the molecule is COC(=O)C[C@H](NC(=O)CNC(=O)c1cc(NC2=NCC(F)CN2)c2cn[nH]c2c1)c1ccc(F)c(OC(F)(F)F)c1.O=C(O)C(F)(F)F. The monoisotopic (exact) mass is 711 g/mol. The average molecular weight is 712 g/mol. The van der Waals surface area contributed by atoms with Gasteiger partial charge in [0.1, 0.15) is 6.17 Å². The van der Waals surface area contributed by atoms with Gasteiger partial charge in [-0.15, -0.1) is 13.2 Å². The van der Waals surface area contributed by atoms with Crippen LogP contribution >= 0.6 is 0 Å². The zero-order valence-corrected chi connectivity index (χ0v) is 24.8. The third kappa shape index (κ3) is 11.5. The first-order valence-corrected chi connectivity index (χ1v) is 13.5. The van der Waals surface area contributed by atoms with Crippen molar-refractivity contribution in [1.82, 2.24) is 26.1 Å². The number of anilines is 1. The average Bonchev–Trinajstić information content (AvgIpc) is 3.50. The van der Waals surface area contributed by atoms with E-state index in [1.807, 2.05) is 0 Å². The van der Waals surface area contributed by atoms with E-state index >= 15 is 0 Å². The smallest absolute Gasteiger partial charge is 0.475 e. The maximum Gasteiger partial charge on any atom is 0.573 e. The van der Waals surface area contributed by atoms with Crippen LogP contribution in [0, 0.1) is 5.82 Å². The van der Waals surface area contributed by atoms with Crippen LogP contribution in [0.15, 0.2) is 41.5 Å². The second-order valence-corrected chi connectivity index (χ2v) is 9.77. The maximum atomic E-state index is 13.9. The largest absolute Gasteiger partial charge is 0.573 e. The van der Waals surface area contributed by atoms with Gasteiger partial charge in [0.2, 0.25) is 5.91 Å². The Morgan fingerprint density at radius 1 is 1.10 bits per heavy atom. The number of amides is 2. The van der Waals surface area contributed by atoms with E-state index < -0.39 is 73.0 Å². The van der Waals surface area contributed by atoms with E-state index in [1.54, 1.807) is 0 Å². The number of guanidine groups is 1. The molecule has 0 spiro atoms. The Bertz CT molecular complexity index is 1710. The molecule has 0 saturated carbocycles. The summed E-state index contributed by atoms with van der Waals surface area (Å²) in [7, 11) is 1.07. The van der Waals surface area contributed by atoms with Crippen molar-refractivity contribution < 1.29 is 68.9 Å². The molecule has 0 bridgehead atoms. The van der Waals surface area contributed by atoms with Gasteiger partial charge in [-0.25, -0.2) is 18.6 Å². The number of aromatic nitrogens is 2. The normalized spacial score (nSPS) is 15.0. The van der Waals surface area contributed by atoms with Crippen LogP contribution in [0.4, 0.5) is 40.8 Å². The number of hydrogen-bond acceptors (Lipinski definition) is 10. The van der Waals surface area contributed by atoms with Gasteiger partial charge in [0.15, 0.2) is 17.5 Å². The van der Waals surface area contributed by atoms with Gasteiger partial charge in [0.05, 0.1) is 56.6 Å². The van der Waals surface area contributed by atoms with E-state index in [-0.39, 0.29) is 24.2 Å². The highest BCUT2D eigenvalue weighted by molar-refractivity contribution is 6.07. The molecule has 0 saturated heterocycles. The molecule has 0 aliphatic carbocycles. The first-order chi connectivity index (χ1) is 22.9. The zero-order valence-electron chi connectivity index (χ0n) is 24.8. The minimum absolute atomic E-state index is 0.0370. The number of aliphatic imine (C=N–C) groups is 1. The van der Waals surface area contributed by atoms with Crippen molar-refractivity contribution in [3.05, 3.63) is 53.5 Å². The molecular formula is C27H25F8N7O7. The molecule has 1 aliphatic rings. The van der Waals surface area contributed by atoms with E-state index in [1.165, 1.54) is 18.3 Å². The van der Waals surface area contributed by atoms with Gasteiger partial charge in [-0.2, -0.15) is 18.3 Å². The molecule has 4 rings (SSSR count). The van der Waals surface area contributed by atoms with Crippen LogP contribution < -0.4 is 26.0 Å². The summed E-state index contributed by atoms with van der Waals surface area (Å²) in [6.45, 7) is -0.578. The summed E-state index contributed by atoms with van der Waals surface area (Å²) in [5, 5.41) is 25.0.